The van der Waals surface area contributed by atoms with E-state index in [4.69, 9.17) is 0 Å². The van der Waals surface area contributed by atoms with E-state index in [1.54, 1.807) is 0 Å². The molecule has 0 bridgehead atoms. The molecule has 0 spiro atoms. The summed E-state index contributed by atoms with van der Waals surface area (Å²) < 4.78 is 35.0. The van der Waals surface area contributed by atoms with Crippen LogP contribution < -0.4 is 5.54 Å². The van der Waals surface area contributed by atoms with E-state index in [2.05, 4.69) is 0 Å². The number of carbonyl (C=O) groups is 1. The summed E-state index contributed by atoms with van der Waals surface area (Å²) in [6.45, 7) is 1.93. The average molecular weight is 155 g/mol. The van der Waals surface area contributed by atoms with Gasteiger partial charge in [-0.05, 0) is 13.8 Å². The molecule has 0 fully saturated rings. The van der Waals surface area contributed by atoms with Crippen molar-refractivity contribution in [2.24, 2.45) is 5.41 Å². The second-order valence-corrected chi connectivity index (χ2v) is 2.45. The third-order valence-electron chi connectivity index (χ3n) is 1.22. The molecule has 0 aromatic carbocycles. The Labute approximate surface area is 56.3 Å². The fourth-order valence-electron chi connectivity index (χ4n) is 0.221. The zero-order valence-electron chi connectivity index (χ0n) is 5.62. The third kappa shape index (κ3) is 1.62. The first kappa shape index (κ1) is 9.26. The van der Waals surface area contributed by atoms with Gasteiger partial charge < -0.3 is 0 Å². The van der Waals surface area contributed by atoms with E-state index >= 15 is 0 Å². The molecule has 0 atom stereocenters. The smallest absolute Gasteiger partial charge is 0.259 e. The maximum Gasteiger partial charge on any atom is 0.259 e. The number of rotatable bonds is 2. The van der Waals surface area contributed by atoms with E-state index < -0.39 is 17.7 Å². The zero-order chi connectivity index (χ0) is 8.36. The van der Waals surface area contributed by atoms with Crippen LogP contribution in [0.1, 0.15) is 13.8 Å². The van der Waals surface area contributed by atoms with E-state index in [-0.39, 0.29) is 0 Å². The summed E-state index contributed by atoms with van der Waals surface area (Å²) in [5.74, 6) is -1.30. The lowest BCUT2D eigenvalue weighted by Gasteiger charge is -2.18. The Hall–Kier alpha value is -0.740. The zero-order valence-corrected chi connectivity index (χ0v) is 5.62. The van der Waals surface area contributed by atoms with E-state index in [1.807, 2.05) is 0 Å². The molecule has 0 rings (SSSR count). The van der Waals surface area contributed by atoms with Crippen molar-refractivity contribution >= 4 is 5.91 Å². The molecule has 2 nitrogen and oxygen atoms in total. The fraction of sp³-hybridized carbons (Fsp3) is 0.800. The van der Waals surface area contributed by atoms with Gasteiger partial charge >= 0.3 is 0 Å². The Morgan fingerprint density at radius 3 is 2.00 bits per heavy atom. The summed E-state index contributed by atoms with van der Waals surface area (Å²) in [5, 5.41) is 0. The van der Waals surface area contributed by atoms with Gasteiger partial charge in [-0.25, -0.2) is 8.78 Å². The molecule has 0 aliphatic carbocycles. The fourth-order valence-corrected chi connectivity index (χ4v) is 0.221. The van der Waals surface area contributed by atoms with Crippen LogP contribution in [-0.2, 0) is 4.79 Å². The lowest BCUT2D eigenvalue weighted by Crippen LogP contribution is -2.38. The molecule has 0 saturated heterocycles. The molecule has 0 aromatic heterocycles. The minimum atomic E-state index is -2.86. The van der Waals surface area contributed by atoms with Crippen LogP contribution in [0.25, 0.3) is 0 Å². The minimum Gasteiger partial charge on any atom is -0.272 e. The first-order chi connectivity index (χ1) is 4.42. The first-order valence-electron chi connectivity index (χ1n) is 2.62. The molecule has 1 N–H and O–H groups in total. The Morgan fingerprint density at radius 1 is 1.50 bits per heavy atom. The van der Waals surface area contributed by atoms with Gasteiger partial charge in [0.1, 0.15) is 5.41 Å². The van der Waals surface area contributed by atoms with Gasteiger partial charge in [-0.15, -0.1) is 4.48 Å². The maximum atomic E-state index is 11.8. The second-order valence-electron chi connectivity index (χ2n) is 2.45. The van der Waals surface area contributed by atoms with Crippen molar-refractivity contribution in [3.05, 3.63) is 0 Å². The van der Waals surface area contributed by atoms with E-state index in [0.29, 0.717) is 5.54 Å². The number of nitrogens with one attached hydrogen (secondary N) is 1. The Balaban J connectivity index is 4.24. The molecule has 0 heterocycles. The molecule has 10 heavy (non-hydrogen) atoms. The normalized spacial score (nSPS) is 11.8. The number of halogens is 3. The summed E-state index contributed by atoms with van der Waals surface area (Å²) >= 11 is 0. The van der Waals surface area contributed by atoms with Gasteiger partial charge in [-0.1, -0.05) is 0 Å². The Bertz CT molecular complexity index is 135. The van der Waals surface area contributed by atoms with Gasteiger partial charge in [-0.3, -0.25) is 4.79 Å². The van der Waals surface area contributed by atoms with Crippen LogP contribution in [0.5, 0.6) is 0 Å². The molecule has 0 unspecified atom stereocenters. The molecular weight excluding hydrogens is 147 g/mol. The number of hydrogen-bond donors (Lipinski definition) is 1. The standard InChI is InChI=1S/C5H8F3NO/c1-5(2,3(6)7)4(10)9-8/h3H,1-2H3,(H,9,10). The molecule has 0 aliphatic rings. The lowest BCUT2D eigenvalue weighted by atomic mass is 9.94. The van der Waals surface area contributed by atoms with Crippen LogP contribution in [0.4, 0.5) is 13.3 Å². The van der Waals surface area contributed by atoms with Crippen molar-refractivity contribution in [1.29, 1.82) is 0 Å². The third-order valence-corrected chi connectivity index (χ3v) is 1.22. The second kappa shape index (κ2) is 2.90. The van der Waals surface area contributed by atoms with Crippen LogP contribution >= 0.6 is 0 Å². The van der Waals surface area contributed by atoms with E-state index in [9.17, 15) is 18.1 Å². The van der Waals surface area contributed by atoms with E-state index in [0.717, 1.165) is 13.8 Å². The molecule has 0 aliphatic heterocycles. The minimum absolute atomic E-state index is 0.668. The van der Waals surface area contributed by atoms with Gasteiger partial charge in [0.15, 0.2) is 0 Å². The highest BCUT2D eigenvalue weighted by atomic mass is 19.3. The predicted molar refractivity (Wildman–Crippen MR) is 29.0 cm³/mol. The Kier molecular flexibility index (Phi) is 2.68. The van der Waals surface area contributed by atoms with Gasteiger partial charge in [0.2, 0.25) is 0 Å². The number of carbonyl (C=O) groups excluding carboxylic acids is 1. The number of amides is 1. The molecule has 5 heteroatoms. The van der Waals surface area contributed by atoms with Crippen LogP contribution in [-0.4, -0.2) is 12.3 Å². The van der Waals surface area contributed by atoms with Crippen LogP contribution in [0.2, 0.25) is 0 Å². The van der Waals surface area contributed by atoms with Crippen molar-refractivity contribution in [3.63, 3.8) is 0 Å². The van der Waals surface area contributed by atoms with Crippen molar-refractivity contribution in [2.75, 3.05) is 0 Å². The van der Waals surface area contributed by atoms with Gasteiger partial charge in [0.05, 0.1) is 0 Å². The molecule has 60 valence electrons. The largest absolute Gasteiger partial charge is 0.272 e. The summed E-state index contributed by atoms with van der Waals surface area (Å²) in [7, 11) is 0. The lowest BCUT2D eigenvalue weighted by molar-refractivity contribution is -0.142. The summed E-state index contributed by atoms with van der Waals surface area (Å²) in [4.78, 5) is 10.3. The van der Waals surface area contributed by atoms with Crippen molar-refractivity contribution in [2.45, 2.75) is 20.3 Å². The summed E-state index contributed by atoms with van der Waals surface area (Å²) in [5.41, 5.74) is -1.28. The quantitative estimate of drug-likeness (QED) is 0.598. The highest BCUT2D eigenvalue weighted by Gasteiger charge is 2.37. The average Bonchev–Trinajstić information content (AvgIpc) is 1.86. The Morgan fingerprint density at radius 2 is 1.90 bits per heavy atom. The topological polar surface area (TPSA) is 29.1 Å². The highest BCUT2D eigenvalue weighted by Crippen LogP contribution is 2.24. The van der Waals surface area contributed by atoms with Crippen LogP contribution in [0, 0.1) is 5.41 Å². The number of alkyl halides is 2. The predicted octanol–water partition coefficient (Wildman–Crippen LogP) is 1.28. The monoisotopic (exact) mass is 155 g/mol. The molecule has 1 amide bonds. The van der Waals surface area contributed by atoms with Crippen LogP contribution in [0.3, 0.4) is 0 Å². The summed E-state index contributed by atoms with van der Waals surface area (Å²) in [6, 6.07) is 0. The molecular formula is C5H8F3NO. The summed E-state index contributed by atoms with van der Waals surface area (Å²) in [6.07, 6.45) is -2.86. The van der Waals surface area contributed by atoms with Crippen molar-refractivity contribution < 1.29 is 18.1 Å². The van der Waals surface area contributed by atoms with Crippen molar-refractivity contribution in [1.82, 2.24) is 5.54 Å². The maximum absolute atomic E-state index is 11.8. The molecule has 0 saturated carbocycles. The SMILES string of the molecule is CC(C)(C(=O)NF)C(F)F. The highest BCUT2D eigenvalue weighted by molar-refractivity contribution is 5.81. The van der Waals surface area contributed by atoms with E-state index in [1.165, 1.54) is 0 Å². The number of hydrogen-bond acceptors (Lipinski definition) is 1. The van der Waals surface area contributed by atoms with Gasteiger partial charge in [-0.2, -0.15) is 5.54 Å². The van der Waals surface area contributed by atoms with Crippen molar-refractivity contribution in [3.8, 4) is 0 Å². The first-order valence-corrected chi connectivity index (χ1v) is 2.62. The van der Waals surface area contributed by atoms with Gasteiger partial charge in [0, 0.05) is 0 Å². The molecule has 0 aromatic rings. The van der Waals surface area contributed by atoms with Gasteiger partial charge in [0.25, 0.3) is 12.3 Å². The van der Waals surface area contributed by atoms with Crippen LogP contribution in [0.15, 0.2) is 0 Å². The molecule has 0 radical (unpaired) electrons.